The number of amides is 1. The molecule has 0 saturated carbocycles. The van der Waals surface area contributed by atoms with Crippen molar-refractivity contribution in [3.63, 3.8) is 0 Å². The van der Waals surface area contributed by atoms with Crippen molar-refractivity contribution in [2.24, 2.45) is 0 Å². The van der Waals surface area contributed by atoms with Crippen molar-refractivity contribution in [3.8, 4) is 0 Å². The van der Waals surface area contributed by atoms with Gasteiger partial charge in [0.15, 0.2) is 0 Å². The molecule has 5 nitrogen and oxygen atoms in total. The minimum atomic E-state index is -4.46. The van der Waals surface area contributed by atoms with Crippen molar-refractivity contribution in [1.29, 1.82) is 0 Å². The molecule has 0 aromatic heterocycles. The summed E-state index contributed by atoms with van der Waals surface area (Å²) in [4.78, 5) is 11.4. The molecule has 0 saturated heterocycles. The van der Waals surface area contributed by atoms with E-state index in [1.807, 2.05) is 0 Å². The first kappa shape index (κ1) is 18.6. The van der Waals surface area contributed by atoms with Crippen molar-refractivity contribution in [2.75, 3.05) is 16.7 Å². The number of rotatable bonds is 6. The number of anilines is 1. The lowest BCUT2D eigenvalue weighted by molar-refractivity contribution is -0.119. The van der Waals surface area contributed by atoms with Gasteiger partial charge in [0, 0.05) is 5.69 Å². The number of carbonyl (C=O) groups excluding carboxylic acids is 1. The van der Waals surface area contributed by atoms with Gasteiger partial charge in [0.1, 0.15) is 0 Å². The van der Waals surface area contributed by atoms with E-state index >= 15 is 0 Å². The van der Waals surface area contributed by atoms with Gasteiger partial charge in [0.25, 0.3) is 0 Å². The molecule has 1 aromatic carbocycles. The van der Waals surface area contributed by atoms with Crippen LogP contribution in [0.3, 0.4) is 0 Å². The maximum absolute atomic E-state index is 12.0. The first-order chi connectivity index (χ1) is 9.96. The molecular weight excluding hydrogens is 341 g/mol. The quantitative estimate of drug-likeness (QED) is 0.821. The van der Waals surface area contributed by atoms with Crippen LogP contribution >= 0.6 is 11.8 Å². The van der Waals surface area contributed by atoms with Crippen LogP contribution in [-0.2, 0) is 14.8 Å². The van der Waals surface area contributed by atoms with Crippen LogP contribution in [0.2, 0.25) is 0 Å². The zero-order chi connectivity index (χ0) is 17.0. The second kappa shape index (κ2) is 7.23. The van der Waals surface area contributed by atoms with E-state index in [9.17, 15) is 26.4 Å². The van der Waals surface area contributed by atoms with Gasteiger partial charge >= 0.3 is 5.51 Å². The molecule has 1 amide bonds. The van der Waals surface area contributed by atoms with Crippen molar-refractivity contribution in [1.82, 2.24) is 5.32 Å². The molecule has 0 unspecified atom stereocenters. The molecule has 124 valence electrons. The van der Waals surface area contributed by atoms with Crippen LogP contribution in [0.25, 0.3) is 0 Å². The number of halogens is 3. The van der Waals surface area contributed by atoms with Gasteiger partial charge in [-0.25, -0.2) is 8.42 Å². The number of thioether (sulfide) groups is 1. The Hall–Kier alpha value is -1.42. The molecule has 0 aliphatic rings. The normalized spacial score (nSPS) is 13.5. The van der Waals surface area contributed by atoms with Gasteiger partial charge in [0.05, 0.1) is 18.1 Å². The van der Waals surface area contributed by atoms with Gasteiger partial charge in [-0.05, 0) is 36.4 Å². The molecule has 0 radical (unpaired) electrons. The number of carbonyl (C=O) groups is 1. The molecule has 0 bridgehead atoms. The highest BCUT2D eigenvalue weighted by Gasteiger charge is 2.29. The van der Waals surface area contributed by atoms with Crippen LogP contribution < -0.4 is 10.0 Å². The highest BCUT2D eigenvalue weighted by molar-refractivity contribution is 8.00. The smallest absolute Gasteiger partial charge is 0.349 e. The van der Waals surface area contributed by atoms with E-state index in [-0.39, 0.29) is 0 Å². The number of alkyl halides is 3. The third-order valence-electron chi connectivity index (χ3n) is 2.43. The van der Waals surface area contributed by atoms with E-state index in [0.717, 1.165) is 6.26 Å². The summed E-state index contributed by atoms with van der Waals surface area (Å²) in [5.41, 5.74) is -3.58. The molecule has 0 spiro atoms. The highest BCUT2D eigenvalue weighted by Crippen LogP contribution is 2.29. The lowest BCUT2D eigenvalue weighted by atomic mass is 10.1. The number of sulfonamides is 1. The highest BCUT2D eigenvalue weighted by atomic mass is 32.2. The molecule has 10 heteroatoms. The average Bonchev–Trinajstić information content (AvgIpc) is 2.34. The molecule has 0 aliphatic heterocycles. The lowest BCUT2D eigenvalue weighted by Gasteiger charge is -2.16. The second-order valence-corrected chi connectivity index (χ2v) is 7.31. The number of nitrogens with one attached hydrogen (secondary N) is 2. The second-order valence-electron chi connectivity index (χ2n) is 4.52. The van der Waals surface area contributed by atoms with Crippen LogP contribution in [0.1, 0.15) is 18.5 Å². The van der Waals surface area contributed by atoms with Crippen molar-refractivity contribution >= 4 is 33.4 Å². The predicted molar refractivity (Wildman–Crippen MR) is 80.0 cm³/mol. The Labute approximate surface area is 130 Å². The van der Waals surface area contributed by atoms with E-state index in [1.54, 1.807) is 19.1 Å². The summed E-state index contributed by atoms with van der Waals surface area (Å²) in [5, 5.41) is 2.42. The fourth-order valence-electron chi connectivity index (χ4n) is 1.60. The van der Waals surface area contributed by atoms with Crippen LogP contribution in [0.5, 0.6) is 0 Å². The molecular formula is C12H15F3N2O3S2. The maximum Gasteiger partial charge on any atom is 0.442 e. The van der Waals surface area contributed by atoms with Gasteiger partial charge in [-0.3, -0.25) is 9.52 Å². The molecule has 1 aromatic rings. The average molecular weight is 356 g/mol. The van der Waals surface area contributed by atoms with E-state index in [0.29, 0.717) is 11.3 Å². The van der Waals surface area contributed by atoms with E-state index in [4.69, 9.17) is 0 Å². The Morgan fingerprint density at radius 2 is 2.00 bits per heavy atom. The largest absolute Gasteiger partial charge is 0.442 e. The standard InChI is InChI=1S/C12H15F3N2O3S2/c1-8(16-11(18)7-21-12(13,14)15)9-4-3-5-10(6-9)17-22(2,19)20/h3-6,8,17H,7H2,1-2H3,(H,16,18)/t8-/m1/s1. The molecule has 22 heavy (non-hydrogen) atoms. The van der Waals surface area contributed by atoms with Crippen molar-refractivity contribution < 1.29 is 26.4 Å². The monoisotopic (exact) mass is 356 g/mol. The summed E-state index contributed by atoms with van der Waals surface area (Å²) in [7, 11) is -3.43. The van der Waals surface area contributed by atoms with Gasteiger partial charge in [-0.2, -0.15) is 13.2 Å². The summed E-state index contributed by atoms with van der Waals surface area (Å²) in [6.45, 7) is 1.59. The van der Waals surface area contributed by atoms with E-state index in [1.165, 1.54) is 12.1 Å². The summed E-state index contributed by atoms with van der Waals surface area (Å²) in [6.07, 6.45) is 0.999. The van der Waals surface area contributed by atoms with Crippen LogP contribution in [0.4, 0.5) is 18.9 Å². The Morgan fingerprint density at radius 3 is 2.55 bits per heavy atom. The molecule has 2 N–H and O–H groups in total. The van der Waals surface area contributed by atoms with Crippen LogP contribution in [0.15, 0.2) is 24.3 Å². The molecule has 1 rings (SSSR count). The van der Waals surface area contributed by atoms with Gasteiger partial charge in [0.2, 0.25) is 15.9 Å². The Bertz CT molecular complexity index is 633. The first-order valence-corrected chi connectivity index (χ1v) is 8.92. The lowest BCUT2D eigenvalue weighted by Crippen LogP contribution is -2.29. The molecule has 0 aliphatic carbocycles. The van der Waals surface area contributed by atoms with Gasteiger partial charge < -0.3 is 5.32 Å². The Kier molecular flexibility index (Phi) is 6.12. The van der Waals surface area contributed by atoms with E-state index in [2.05, 4.69) is 10.0 Å². The number of benzene rings is 1. The predicted octanol–water partition coefficient (Wildman–Crippen LogP) is 2.49. The topological polar surface area (TPSA) is 75.3 Å². The summed E-state index contributed by atoms with van der Waals surface area (Å²) in [6, 6.07) is 5.69. The summed E-state index contributed by atoms with van der Waals surface area (Å²) in [5.74, 6) is -1.48. The number of hydrogen-bond donors (Lipinski definition) is 2. The Morgan fingerprint density at radius 1 is 1.36 bits per heavy atom. The van der Waals surface area contributed by atoms with Crippen molar-refractivity contribution in [2.45, 2.75) is 18.5 Å². The molecule has 0 fully saturated rings. The van der Waals surface area contributed by atoms with Crippen LogP contribution in [0, 0.1) is 0 Å². The zero-order valence-electron chi connectivity index (χ0n) is 11.8. The van der Waals surface area contributed by atoms with Crippen LogP contribution in [-0.4, -0.2) is 31.8 Å². The summed E-state index contributed by atoms with van der Waals surface area (Å²) < 4.78 is 60.6. The fourth-order valence-corrected chi connectivity index (χ4v) is 2.53. The summed E-state index contributed by atoms with van der Waals surface area (Å²) >= 11 is -0.414. The third kappa shape index (κ3) is 7.55. The van der Waals surface area contributed by atoms with Gasteiger partial charge in [-0.1, -0.05) is 12.1 Å². The fraction of sp³-hybridized carbons (Fsp3) is 0.417. The van der Waals surface area contributed by atoms with E-state index < -0.39 is 45.0 Å². The van der Waals surface area contributed by atoms with Crippen molar-refractivity contribution in [3.05, 3.63) is 29.8 Å². The maximum atomic E-state index is 12.0. The third-order valence-corrected chi connectivity index (χ3v) is 3.77. The zero-order valence-corrected chi connectivity index (χ0v) is 13.4. The Balaban J connectivity index is 2.67. The SMILES string of the molecule is C[C@@H](NC(=O)CSC(F)(F)F)c1cccc(NS(C)(=O)=O)c1. The molecule has 0 heterocycles. The number of hydrogen-bond acceptors (Lipinski definition) is 4. The molecule has 1 atom stereocenters. The van der Waals surface area contributed by atoms with Gasteiger partial charge in [-0.15, -0.1) is 0 Å². The first-order valence-electron chi connectivity index (χ1n) is 6.04. The minimum Gasteiger partial charge on any atom is -0.349 e. The minimum absolute atomic E-state index is 0.311.